The largest absolute Gasteiger partial charge is 0.481 e. The monoisotopic (exact) mass is 262 g/mol. The van der Waals surface area contributed by atoms with Crippen LogP contribution < -0.4 is 5.32 Å². The SMILES string of the molecule is O=C(O)CC[C@H](Nc1cc2ccccc2[nH]1)C(=O)O. The van der Waals surface area contributed by atoms with E-state index < -0.39 is 18.0 Å². The maximum Gasteiger partial charge on any atom is 0.326 e. The van der Waals surface area contributed by atoms with E-state index in [0.29, 0.717) is 5.82 Å². The first kappa shape index (κ1) is 12.9. The van der Waals surface area contributed by atoms with Gasteiger partial charge in [0.15, 0.2) is 0 Å². The van der Waals surface area contributed by atoms with E-state index in [9.17, 15) is 9.59 Å². The average molecular weight is 262 g/mol. The Morgan fingerprint density at radius 1 is 1.26 bits per heavy atom. The van der Waals surface area contributed by atoms with Crippen molar-refractivity contribution in [3.8, 4) is 0 Å². The third-order valence-corrected chi connectivity index (χ3v) is 2.80. The predicted octanol–water partition coefficient (Wildman–Crippen LogP) is 1.90. The number of rotatable bonds is 6. The van der Waals surface area contributed by atoms with E-state index in [4.69, 9.17) is 10.2 Å². The van der Waals surface area contributed by atoms with Crippen molar-refractivity contribution in [2.75, 3.05) is 5.32 Å². The van der Waals surface area contributed by atoms with Gasteiger partial charge in [0.25, 0.3) is 0 Å². The number of aliphatic carboxylic acids is 2. The number of carboxylic acid groups (broad SMARTS) is 2. The number of para-hydroxylation sites is 1. The molecule has 0 spiro atoms. The van der Waals surface area contributed by atoms with Crippen LogP contribution >= 0.6 is 0 Å². The molecule has 0 aliphatic carbocycles. The minimum absolute atomic E-state index is 0.0278. The predicted molar refractivity (Wildman–Crippen MR) is 70.2 cm³/mol. The molecule has 0 bridgehead atoms. The number of hydrogen-bond acceptors (Lipinski definition) is 3. The number of carboxylic acids is 2. The molecule has 1 aromatic carbocycles. The molecule has 6 heteroatoms. The Morgan fingerprint density at radius 3 is 2.63 bits per heavy atom. The highest BCUT2D eigenvalue weighted by Gasteiger charge is 2.19. The second-order valence-corrected chi connectivity index (χ2v) is 4.24. The van der Waals surface area contributed by atoms with Gasteiger partial charge in [-0.25, -0.2) is 4.79 Å². The van der Waals surface area contributed by atoms with Crippen LogP contribution in [0.2, 0.25) is 0 Å². The van der Waals surface area contributed by atoms with Gasteiger partial charge in [-0.05, 0) is 18.6 Å². The van der Waals surface area contributed by atoms with Crippen LogP contribution in [-0.4, -0.2) is 33.2 Å². The van der Waals surface area contributed by atoms with Gasteiger partial charge in [0.2, 0.25) is 0 Å². The van der Waals surface area contributed by atoms with Crippen LogP contribution in [0.4, 0.5) is 5.82 Å². The zero-order valence-electron chi connectivity index (χ0n) is 10.1. The highest BCUT2D eigenvalue weighted by Crippen LogP contribution is 2.19. The smallest absolute Gasteiger partial charge is 0.326 e. The molecular formula is C13H14N2O4. The van der Waals surface area contributed by atoms with Gasteiger partial charge in [0.05, 0.1) is 0 Å². The molecule has 0 saturated carbocycles. The minimum atomic E-state index is -1.07. The van der Waals surface area contributed by atoms with Crippen LogP contribution in [0.5, 0.6) is 0 Å². The van der Waals surface area contributed by atoms with Crippen LogP contribution in [0.25, 0.3) is 10.9 Å². The fourth-order valence-corrected chi connectivity index (χ4v) is 1.86. The van der Waals surface area contributed by atoms with E-state index in [1.807, 2.05) is 24.3 Å². The molecule has 1 heterocycles. The minimum Gasteiger partial charge on any atom is -0.481 e. The van der Waals surface area contributed by atoms with Crippen molar-refractivity contribution in [1.29, 1.82) is 0 Å². The number of anilines is 1. The molecule has 2 rings (SSSR count). The fourth-order valence-electron chi connectivity index (χ4n) is 1.86. The van der Waals surface area contributed by atoms with Crippen LogP contribution in [-0.2, 0) is 9.59 Å². The lowest BCUT2D eigenvalue weighted by Crippen LogP contribution is -2.30. The Kier molecular flexibility index (Phi) is 3.70. The molecule has 19 heavy (non-hydrogen) atoms. The van der Waals surface area contributed by atoms with E-state index >= 15 is 0 Å². The Balaban J connectivity index is 2.11. The average Bonchev–Trinajstić information content (AvgIpc) is 2.76. The van der Waals surface area contributed by atoms with Gasteiger partial charge in [-0.15, -0.1) is 0 Å². The number of nitrogens with one attached hydrogen (secondary N) is 2. The lowest BCUT2D eigenvalue weighted by Gasteiger charge is -2.13. The van der Waals surface area contributed by atoms with Gasteiger partial charge in [0.1, 0.15) is 11.9 Å². The summed E-state index contributed by atoms with van der Waals surface area (Å²) in [4.78, 5) is 24.6. The topological polar surface area (TPSA) is 102 Å². The maximum absolute atomic E-state index is 11.1. The Hall–Kier alpha value is -2.50. The summed E-state index contributed by atoms with van der Waals surface area (Å²) >= 11 is 0. The van der Waals surface area contributed by atoms with Crippen LogP contribution in [0.1, 0.15) is 12.8 Å². The number of aromatic amines is 1. The van der Waals surface area contributed by atoms with Crippen molar-refractivity contribution in [1.82, 2.24) is 4.98 Å². The quantitative estimate of drug-likeness (QED) is 0.636. The summed E-state index contributed by atoms with van der Waals surface area (Å²) in [5.41, 5.74) is 0.896. The van der Waals surface area contributed by atoms with Gasteiger partial charge in [-0.2, -0.15) is 0 Å². The molecule has 1 atom stereocenters. The lowest BCUT2D eigenvalue weighted by atomic mass is 10.1. The van der Waals surface area contributed by atoms with Gasteiger partial charge in [-0.3, -0.25) is 4.79 Å². The summed E-state index contributed by atoms with van der Waals surface area (Å²) < 4.78 is 0. The van der Waals surface area contributed by atoms with Gasteiger partial charge < -0.3 is 20.5 Å². The summed E-state index contributed by atoms with van der Waals surface area (Å²) in [6.45, 7) is 0. The van der Waals surface area contributed by atoms with E-state index in [1.165, 1.54) is 0 Å². The highest BCUT2D eigenvalue weighted by molar-refractivity contribution is 5.85. The molecule has 0 unspecified atom stereocenters. The Labute approximate surface area is 109 Å². The number of fused-ring (bicyclic) bond motifs is 1. The van der Waals surface area contributed by atoms with E-state index in [1.54, 1.807) is 6.07 Å². The first-order chi connectivity index (χ1) is 9.06. The summed E-state index contributed by atoms with van der Waals surface area (Å²) in [6.07, 6.45) is -0.162. The van der Waals surface area contributed by atoms with Crippen molar-refractivity contribution in [3.63, 3.8) is 0 Å². The molecule has 1 aromatic heterocycles. The van der Waals surface area contributed by atoms with Gasteiger partial charge in [0, 0.05) is 17.3 Å². The normalized spacial score (nSPS) is 12.2. The molecule has 0 fully saturated rings. The maximum atomic E-state index is 11.1. The number of benzene rings is 1. The van der Waals surface area contributed by atoms with Crippen LogP contribution in [0.15, 0.2) is 30.3 Å². The van der Waals surface area contributed by atoms with Gasteiger partial charge >= 0.3 is 11.9 Å². The zero-order chi connectivity index (χ0) is 13.8. The molecular weight excluding hydrogens is 248 g/mol. The standard InChI is InChI=1S/C13H14N2O4/c16-12(17)6-5-10(13(18)19)15-11-7-8-3-1-2-4-9(8)14-11/h1-4,7,10,14-15H,5-6H2,(H,16,17)(H,18,19)/t10-/m0/s1. The second-order valence-electron chi connectivity index (χ2n) is 4.24. The molecule has 4 N–H and O–H groups in total. The molecule has 6 nitrogen and oxygen atoms in total. The summed E-state index contributed by atoms with van der Waals surface area (Å²) in [7, 11) is 0. The molecule has 100 valence electrons. The van der Waals surface area contributed by atoms with Crippen molar-refractivity contribution < 1.29 is 19.8 Å². The molecule has 2 aromatic rings. The number of aromatic nitrogens is 1. The molecule has 0 radical (unpaired) electrons. The third kappa shape index (κ3) is 3.25. The number of hydrogen-bond donors (Lipinski definition) is 4. The van der Waals surface area contributed by atoms with E-state index in [0.717, 1.165) is 10.9 Å². The molecule has 0 aliphatic rings. The van der Waals surface area contributed by atoms with Crippen molar-refractivity contribution >= 4 is 28.7 Å². The second kappa shape index (κ2) is 5.43. The van der Waals surface area contributed by atoms with E-state index in [-0.39, 0.29) is 12.8 Å². The first-order valence-electron chi connectivity index (χ1n) is 5.85. The summed E-state index contributed by atoms with van der Waals surface area (Å²) in [6, 6.07) is 8.42. The van der Waals surface area contributed by atoms with Gasteiger partial charge in [-0.1, -0.05) is 18.2 Å². The van der Waals surface area contributed by atoms with Crippen molar-refractivity contribution in [2.24, 2.45) is 0 Å². The zero-order valence-corrected chi connectivity index (χ0v) is 10.1. The number of carbonyl (C=O) groups is 2. The highest BCUT2D eigenvalue weighted by atomic mass is 16.4. The lowest BCUT2D eigenvalue weighted by molar-refractivity contribution is -0.139. The van der Waals surface area contributed by atoms with Crippen LogP contribution in [0.3, 0.4) is 0 Å². The number of H-pyrrole nitrogens is 1. The summed E-state index contributed by atoms with van der Waals surface area (Å²) in [5.74, 6) is -1.51. The molecule has 0 amide bonds. The van der Waals surface area contributed by atoms with E-state index in [2.05, 4.69) is 10.3 Å². The van der Waals surface area contributed by atoms with Crippen LogP contribution in [0, 0.1) is 0 Å². The summed E-state index contributed by atoms with van der Waals surface area (Å²) in [5, 5.41) is 21.4. The molecule has 0 aliphatic heterocycles. The molecule has 0 saturated heterocycles. The fraction of sp³-hybridized carbons (Fsp3) is 0.231. The Bertz CT molecular complexity index is 572. The van der Waals surface area contributed by atoms with Crippen molar-refractivity contribution in [2.45, 2.75) is 18.9 Å². The van der Waals surface area contributed by atoms with Crippen molar-refractivity contribution in [3.05, 3.63) is 30.3 Å². The Morgan fingerprint density at radius 2 is 2.00 bits per heavy atom. The third-order valence-electron chi connectivity index (χ3n) is 2.80. The first-order valence-corrected chi connectivity index (χ1v) is 5.85.